The quantitative estimate of drug-likeness (QED) is 0.838. The third kappa shape index (κ3) is 2.91. The van der Waals surface area contributed by atoms with Gasteiger partial charge in [-0.2, -0.15) is 10.2 Å². The molecule has 0 N–H and O–H groups in total. The molecule has 0 unspecified atom stereocenters. The molecule has 7 nitrogen and oxygen atoms in total. The summed E-state index contributed by atoms with van der Waals surface area (Å²) in [6, 6.07) is 7.58. The summed E-state index contributed by atoms with van der Waals surface area (Å²) in [5.74, 6) is 2.18. The number of anilines is 2. The number of rotatable bonds is 3. The fourth-order valence-corrected chi connectivity index (χ4v) is 2.42. The molecule has 1 aliphatic heterocycles. The Kier molecular flexibility index (Phi) is 4.01. The van der Waals surface area contributed by atoms with Crippen LogP contribution in [0.2, 0.25) is 0 Å². The van der Waals surface area contributed by atoms with E-state index in [9.17, 15) is 0 Å². The first-order valence-electron chi connectivity index (χ1n) is 7.03. The molecule has 0 radical (unpaired) electrons. The smallest absolute Gasteiger partial charge is 0.233 e. The molecule has 0 atom stereocenters. The fraction of sp³-hybridized carbons (Fsp3) is 0.333. The predicted octanol–water partition coefficient (Wildman–Crippen LogP) is 1.08. The zero-order chi connectivity index (χ0) is 15.4. The first-order chi connectivity index (χ1) is 10.8. The number of piperazine rings is 1. The Bertz CT molecular complexity index is 690. The highest BCUT2D eigenvalue weighted by Crippen LogP contribution is 2.18. The van der Waals surface area contributed by atoms with Gasteiger partial charge >= 0.3 is 0 Å². The van der Waals surface area contributed by atoms with Crippen molar-refractivity contribution in [3.63, 3.8) is 0 Å². The normalized spacial score (nSPS) is 14.5. The summed E-state index contributed by atoms with van der Waals surface area (Å²) < 4.78 is 5.11. The van der Waals surface area contributed by atoms with Gasteiger partial charge in [-0.3, -0.25) is 4.98 Å². The van der Waals surface area contributed by atoms with Crippen LogP contribution in [-0.4, -0.2) is 48.2 Å². The molecule has 0 saturated carbocycles. The van der Waals surface area contributed by atoms with E-state index in [1.54, 1.807) is 25.6 Å². The first kappa shape index (κ1) is 14.1. The minimum Gasteiger partial charge on any atom is -0.480 e. The third-order valence-corrected chi connectivity index (χ3v) is 3.59. The zero-order valence-corrected chi connectivity index (χ0v) is 12.3. The summed E-state index contributed by atoms with van der Waals surface area (Å²) in [7, 11) is 1.58. The van der Waals surface area contributed by atoms with Crippen molar-refractivity contribution in [2.45, 2.75) is 0 Å². The molecule has 1 fully saturated rings. The van der Waals surface area contributed by atoms with Crippen LogP contribution in [0, 0.1) is 11.3 Å². The lowest BCUT2D eigenvalue weighted by Crippen LogP contribution is -2.47. The van der Waals surface area contributed by atoms with Crippen LogP contribution in [0.1, 0.15) is 5.69 Å². The van der Waals surface area contributed by atoms with E-state index in [-0.39, 0.29) is 0 Å². The average molecular weight is 296 g/mol. The number of hydrogen-bond acceptors (Lipinski definition) is 7. The van der Waals surface area contributed by atoms with E-state index < -0.39 is 0 Å². The van der Waals surface area contributed by atoms with Gasteiger partial charge in [0.2, 0.25) is 5.88 Å². The average Bonchev–Trinajstić information content (AvgIpc) is 2.62. The number of nitriles is 1. The zero-order valence-electron chi connectivity index (χ0n) is 12.3. The Morgan fingerprint density at radius 1 is 1.05 bits per heavy atom. The van der Waals surface area contributed by atoms with Crippen LogP contribution in [0.15, 0.2) is 30.6 Å². The van der Waals surface area contributed by atoms with E-state index in [0.29, 0.717) is 11.6 Å². The molecule has 0 bridgehead atoms. The van der Waals surface area contributed by atoms with Crippen molar-refractivity contribution < 1.29 is 4.74 Å². The van der Waals surface area contributed by atoms with E-state index in [0.717, 1.165) is 37.8 Å². The Hall–Kier alpha value is -2.88. The van der Waals surface area contributed by atoms with Crippen molar-refractivity contribution >= 4 is 11.6 Å². The SMILES string of the molecule is COc1cncc(N2CCN(c3cccc(C#N)n3)CC2)n1. The summed E-state index contributed by atoms with van der Waals surface area (Å²) in [5.41, 5.74) is 0.443. The number of pyridine rings is 1. The largest absolute Gasteiger partial charge is 0.480 e. The highest BCUT2D eigenvalue weighted by molar-refractivity contribution is 5.45. The Labute approximate surface area is 128 Å². The summed E-state index contributed by atoms with van der Waals surface area (Å²) in [5, 5.41) is 8.93. The third-order valence-electron chi connectivity index (χ3n) is 3.59. The van der Waals surface area contributed by atoms with Crippen molar-refractivity contribution in [2.75, 3.05) is 43.1 Å². The van der Waals surface area contributed by atoms with E-state index in [1.165, 1.54) is 0 Å². The molecule has 0 aliphatic carbocycles. The number of hydrogen-bond donors (Lipinski definition) is 0. The summed E-state index contributed by atoms with van der Waals surface area (Å²) in [6.07, 6.45) is 3.34. The highest BCUT2D eigenvalue weighted by atomic mass is 16.5. The van der Waals surface area contributed by atoms with Crippen LogP contribution >= 0.6 is 0 Å². The van der Waals surface area contributed by atoms with Gasteiger partial charge in [0.05, 0.1) is 19.5 Å². The van der Waals surface area contributed by atoms with Gasteiger partial charge < -0.3 is 14.5 Å². The lowest BCUT2D eigenvalue weighted by atomic mass is 10.3. The molecular weight excluding hydrogens is 280 g/mol. The molecule has 0 spiro atoms. The maximum atomic E-state index is 8.93. The van der Waals surface area contributed by atoms with Crippen LogP contribution in [0.4, 0.5) is 11.6 Å². The minimum absolute atomic E-state index is 0.443. The molecular formula is C15H16N6O. The number of nitrogens with zero attached hydrogens (tertiary/aromatic N) is 6. The minimum atomic E-state index is 0.443. The van der Waals surface area contributed by atoms with Gasteiger partial charge in [-0.15, -0.1) is 0 Å². The standard InChI is InChI=1S/C15H16N6O/c1-22-15-11-17-10-14(19-15)21-7-5-20(6-8-21)13-4-2-3-12(9-16)18-13/h2-4,10-11H,5-8H2,1H3. The van der Waals surface area contributed by atoms with Gasteiger partial charge in [-0.25, -0.2) is 4.98 Å². The van der Waals surface area contributed by atoms with Gasteiger partial charge in [0.1, 0.15) is 17.6 Å². The summed E-state index contributed by atoms with van der Waals surface area (Å²) in [6.45, 7) is 3.28. The van der Waals surface area contributed by atoms with Crippen LogP contribution in [0.25, 0.3) is 0 Å². The highest BCUT2D eigenvalue weighted by Gasteiger charge is 2.19. The second-order valence-electron chi connectivity index (χ2n) is 4.89. The van der Waals surface area contributed by atoms with Gasteiger partial charge in [0.15, 0.2) is 5.82 Å². The van der Waals surface area contributed by atoms with Gasteiger partial charge in [-0.1, -0.05) is 6.07 Å². The molecule has 0 amide bonds. The monoisotopic (exact) mass is 296 g/mol. The second-order valence-corrected chi connectivity index (χ2v) is 4.89. The fourth-order valence-electron chi connectivity index (χ4n) is 2.42. The molecule has 3 heterocycles. The Balaban J connectivity index is 1.68. The number of ether oxygens (including phenoxy) is 1. The van der Waals surface area contributed by atoms with Gasteiger partial charge in [0.25, 0.3) is 0 Å². The maximum Gasteiger partial charge on any atom is 0.233 e. The van der Waals surface area contributed by atoms with E-state index in [1.807, 2.05) is 12.1 Å². The van der Waals surface area contributed by atoms with Crippen LogP contribution in [-0.2, 0) is 0 Å². The summed E-state index contributed by atoms with van der Waals surface area (Å²) >= 11 is 0. The lowest BCUT2D eigenvalue weighted by Gasteiger charge is -2.35. The van der Waals surface area contributed by atoms with Crippen LogP contribution < -0.4 is 14.5 Å². The molecule has 1 saturated heterocycles. The molecule has 7 heteroatoms. The predicted molar refractivity (Wildman–Crippen MR) is 82.0 cm³/mol. The van der Waals surface area contributed by atoms with Crippen molar-refractivity contribution in [1.82, 2.24) is 15.0 Å². The van der Waals surface area contributed by atoms with E-state index in [4.69, 9.17) is 10.00 Å². The van der Waals surface area contributed by atoms with E-state index >= 15 is 0 Å². The van der Waals surface area contributed by atoms with Crippen LogP contribution in [0.5, 0.6) is 5.88 Å². The number of methoxy groups -OCH3 is 1. The summed E-state index contributed by atoms with van der Waals surface area (Å²) in [4.78, 5) is 17.2. The first-order valence-corrected chi connectivity index (χ1v) is 7.03. The number of aromatic nitrogens is 3. The molecule has 2 aromatic heterocycles. The Morgan fingerprint density at radius 3 is 2.45 bits per heavy atom. The molecule has 0 aromatic carbocycles. The molecule has 2 aromatic rings. The van der Waals surface area contributed by atoms with Crippen molar-refractivity contribution in [1.29, 1.82) is 5.26 Å². The second kappa shape index (κ2) is 6.26. The van der Waals surface area contributed by atoms with Crippen LogP contribution in [0.3, 0.4) is 0 Å². The molecule has 22 heavy (non-hydrogen) atoms. The van der Waals surface area contributed by atoms with Crippen molar-refractivity contribution in [3.8, 4) is 11.9 Å². The Morgan fingerprint density at radius 2 is 1.77 bits per heavy atom. The van der Waals surface area contributed by atoms with Gasteiger partial charge in [-0.05, 0) is 12.1 Å². The van der Waals surface area contributed by atoms with Crippen molar-refractivity contribution in [3.05, 3.63) is 36.3 Å². The molecule has 3 rings (SSSR count). The van der Waals surface area contributed by atoms with Crippen molar-refractivity contribution in [2.24, 2.45) is 0 Å². The lowest BCUT2D eigenvalue weighted by molar-refractivity contribution is 0.395. The topological polar surface area (TPSA) is 78.2 Å². The van der Waals surface area contributed by atoms with E-state index in [2.05, 4.69) is 30.8 Å². The maximum absolute atomic E-state index is 8.93. The van der Waals surface area contributed by atoms with Gasteiger partial charge in [0, 0.05) is 26.2 Å². The molecule has 1 aliphatic rings. The molecule has 112 valence electrons.